The molecular formula is C16H21FN4O2. The smallest absolute Gasteiger partial charge is 0.124 e. The van der Waals surface area contributed by atoms with Crippen LogP contribution in [-0.4, -0.2) is 47.2 Å². The predicted molar refractivity (Wildman–Crippen MR) is 85.0 cm³/mol. The zero-order chi connectivity index (χ0) is 16.1. The summed E-state index contributed by atoms with van der Waals surface area (Å²) < 4.78 is 20.1. The molecule has 124 valence electrons. The van der Waals surface area contributed by atoms with Gasteiger partial charge in [-0.3, -0.25) is 0 Å². The monoisotopic (exact) mass is 320 g/mol. The molecule has 0 fully saturated rings. The molecule has 1 aromatic heterocycles. The molecule has 0 saturated heterocycles. The molecular weight excluding hydrogens is 299 g/mol. The predicted octanol–water partition coefficient (Wildman–Crippen LogP) is 1.09. The maximum absolute atomic E-state index is 12.8. The van der Waals surface area contributed by atoms with Crippen molar-refractivity contribution in [1.82, 2.24) is 15.1 Å². The van der Waals surface area contributed by atoms with E-state index in [4.69, 9.17) is 4.74 Å². The van der Waals surface area contributed by atoms with Gasteiger partial charge < -0.3 is 20.5 Å². The molecule has 23 heavy (non-hydrogen) atoms. The molecule has 0 bridgehead atoms. The minimum atomic E-state index is -0.614. The lowest BCUT2D eigenvalue weighted by Crippen LogP contribution is -2.39. The van der Waals surface area contributed by atoms with E-state index in [-0.39, 0.29) is 12.4 Å². The molecule has 0 amide bonds. The highest BCUT2D eigenvalue weighted by Crippen LogP contribution is 2.15. The van der Waals surface area contributed by atoms with E-state index in [0.29, 0.717) is 18.2 Å². The van der Waals surface area contributed by atoms with E-state index in [9.17, 15) is 9.50 Å². The second kappa shape index (κ2) is 7.43. The van der Waals surface area contributed by atoms with Crippen molar-refractivity contribution in [3.63, 3.8) is 0 Å². The number of aromatic nitrogens is 2. The van der Waals surface area contributed by atoms with Gasteiger partial charge in [-0.1, -0.05) is 0 Å². The maximum Gasteiger partial charge on any atom is 0.124 e. The molecule has 2 aromatic rings. The van der Waals surface area contributed by atoms with Crippen LogP contribution in [0.4, 0.5) is 10.2 Å². The van der Waals surface area contributed by atoms with Crippen molar-refractivity contribution in [2.24, 2.45) is 5.92 Å². The van der Waals surface area contributed by atoms with E-state index in [1.54, 1.807) is 18.3 Å². The highest BCUT2D eigenvalue weighted by Gasteiger charge is 2.18. The van der Waals surface area contributed by atoms with E-state index >= 15 is 0 Å². The summed E-state index contributed by atoms with van der Waals surface area (Å²) in [6, 6.07) is 7.72. The molecule has 3 rings (SSSR count). The Labute approximate surface area is 134 Å². The molecule has 0 saturated carbocycles. The molecule has 0 radical (unpaired) electrons. The fourth-order valence-electron chi connectivity index (χ4n) is 2.56. The van der Waals surface area contributed by atoms with Gasteiger partial charge >= 0.3 is 0 Å². The molecule has 2 heterocycles. The zero-order valence-electron chi connectivity index (χ0n) is 12.8. The largest absolute Gasteiger partial charge is 0.491 e. The lowest BCUT2D eigenvalue weighted by Gasteiger charge is -2.25. The summed E-state index contributed by atoms with van der Waals surface area (Å²) in [6.45, 7) is 3.17. The highest BCUT2D eigenvalue weighted by molar-refractivity contribution is 5.35. The Balaban J connectivity index is 1.33. The molecule has 3 N–H and O–H groups in total. The summed E-state index contributed by atoms with van der Waals surface area (Å²) >= 11 is 0. The summed E-state index contributed by atoms with van der Waals surface area (Å²) in [5.41, 5.74) is 0. The quantitative estimate of drug-likeness (QED) is 0.712. The van der Waals surface area contributed by atoms with Gasteiger partial charge in [-0.05, 0) is 24.3 Å². The van der Waals surface area contributed by atoms with Crippen molar-refractivity contribution in [1.29, 1.82) is 0 Å². The first kappa shape index (κ1) is 15.8. The van der Waals surface area contributed by atoms with Crippen molar-refractivity contribution in [2.75, 3.05) is 31.6 Å². The second-order valence-corrected chi connectivity index (χ2v) is 5.72. The lowest BCUT2D eigenvalue weighted by atomic mass is 10.1. The van der Waals surface area contributed by atoms with Crippen LogP contribution in [0.5, 0.6) is 5.75 Å². The number of ether oxygens (including phenoxy) is 1. The summed E-state index contributed by atoms with van der Waals surface area (Å²) in [6.07, 6.45) is 1.17. The average molecular weight is 320 g/mol. The highest BCUT2D eigenvalue weighted by atomic mass is 19.1. The number of halogens is 1. The summed E-state index contributed by atoms with van der Waals surface area (Å²) in [5.74, 6) is 1.72. The molecule has 2 atom stereocenters. The molecule has 6 nitrogen and oxygen atoms in total. The van der Waals surface area contributed by atoms with Crippen LogP contribution in [-0.2, 0) is 6.54 Å². The number of hydrogen-bond acceptors (Lipinski definition) is 5. The van der Waals surface area contributed by atoms with Crippen molar-refractivity contribution in [2.45, 2.75) is 12.6 Å². The maximum atomic E-state index is 12.8. The fourth-order valence-corrected chi connectivity index (χ4v) is 2.56. The van der Waals surface area contributed by atoms with Crippen LogP contribution in [0.2, 0.25) is 0 Å². The van der Waals surface area contributed by atoms with E-state index in [1.807, 2.05) is 10.7 Å². The van der Waals surface area contributed by atoms with Gasteiger partial charge in [0, 0.05) is 38.2 Å². The molecule has 1 aliphatic rings. The number of hydrogen-bond donors (Lipinski definition) is 3. The summed E-state index contributed by atoms with van der Waals surface area (Å²) in [5, 5.41) is 20.8. The summed E-state index contributed by atoms with van der Waals surface area (Å²) in [4.78, 5) is 0. The minimum absolute atomic E-state index is 0.171. The van der Waals surface area contributed by atoms with Crippen molar-refractivity contribution in [3.05, 3.63) is 42.3 Å². The van der Waals surface area contributed by atoms with Crippen LogP contribution in [0.3, 0.4) is 0 Å². The van der Waals surface area contributed by atoms with Gasteiger partial charge in [-0.25, -0.2) is 9.07 Å². The zero-order valence-corrected chi connectivity index (χ0v) is 12.8. The summed E-state index contributed by atoms with van der Waals surface area (Å²) in [7, 11) is 0. The van der Waals surface area contributed by atoms with Gasteiger partial charge in [0.15, 0.2) is 0 Å². The first-order valence-corrected chi connectivity index (χ1v) is 7.73. The number of fused-ring (bicyclic) bond motifs is 1. The number of anilines is 1. The Kier molecular flexibility index (Phi) is 5.09. The van der Waals surface area contributed by atoms with Crippen LogP contribution < -0.4 is 15.4 Å². The third kappa shape index (κ3) is 4.43. The number of benzene rings is 1. The van der Waals surface area contributed by atoms with Crippen molar-refractivity contribution in [3.8, 4) is 5.75 Å². The standard InChI is InChI=1S/C16H21FN4O2/c17-13-1-3-15(4-2-13)23-11-14(22)9-18-7-12-8-19-16-5-6-20-21(16)10-12/h1-6,12,14,18-19,22H,7-11H2/t12-,14+/m1/s1. The van der Waals surface area contributed by atoms with Gasteiger partial charge in [0.1, 0.15) is 30.1 Å². The van der Waals surface area contributed by atoms with E-state index < -0.39 is 6.10 Å². The average Bonchev–Trinajstić information content (AvgIpc) is 3.02. The number of aliphatic hydroxyl groups is 1. The molecule has 7 heteroatoms. The van der Waals surface area contributed by atoms with Gasteiger partial charge in [0.05, 0.1) is 6.20 Å². The fraction of sp³-hybridized carbons (Fsp3) is 0.438. The first-order valence-electron chi connectivity index (χ1n) is 7.73. The van der Waals surface area contributed by atoms with Gasteiger partial charge in [-0.15, -0.1) is 0 Å². The SMILES string of the molecule is O[C@@H](CNC[C@@H]1CNc2ccnn2C1)COc1ccc(F)cc1. The van der Waals surface area contributed by atoms with E-state index in [0.717, 1.165) is 25.5 Å². The third-order valence-electron chi connectivity index (χ3n) is 3.79. The first-order chi connectivity index (χ1) is 11.2. The molecule has 1 aliphatic heterocycles. The number of rotatable bonds is 7. The second-order valence-electron chi connectivity index (χ2n) is 5.72. The Bertz CT molecular complexity index is 617. The van der Waals surface area contributed by atoms with Crippen LogP contribution in [0.25, 0.3) is 0 Å². The Morgan fingerprint density at radius 2 is 2.22 bits per heavy atom. The Morgan fingerprint density at radius 1 is 1.39 bits per heavy atom. The molecule has 0 spiro atoms. The number of nitrogens with one attached hydrogen (secondary N) is 2. The Hall–Kier alpha value is -2.12. The number of aliphatic hydroxyl groups excluding tert-OH is 1. The van der Waals surface area contributed by atoms with Crippen LogP contribution in [0.1, 0.15) is 0 Å². The normalized spacial score (nSPS) is 18.1. The van der Waals surface area contributed by atoms with Crippen molar-refractivity contribution >= 4 is 5.82 Å². The molecule has 1 aromatic carbocycles. The van der Waals surface area contributed by atoms with Gasteiger partial charge in [0.2, 0.25) is 0 Å². The molecule has 0 aliphatic carbocycles. The van der Waals surface area contributed by atoms with Crippen LogP contribution in [0.15, 0.2) is 36.5 Å². The van der Waals surface area contributed by atoms with E-state index in [2.05, 4.69) is 15.7 Å². The van der Waals surface area contributed by atoms with E-state index in [1.165, 1.54) is 12.1 Å². The lowest BCUT2D eigenvalue weighted by molar-refractivity contribution is 0.105. The van der Waals surface area contributed by atoms with Crippen LogP contribution >= 0.6 is 0 Å². The topological polar surface area (TPSA) is 71.3 Å². The number of nitrogens with zero attached hydrogens (tertiary/aromatic N) is 2. The Morgan fingerprint density at radius 3 is 3.04 bits per heavy atom. The molecule has 0 unspecified atom stereocenters. The van der Waals surface area contributed by atoms with Crippen molar-refractivity contribution < 1.29 is 14.2 Å². The van der Waals surface area contributed by atoms with Crippen LogP contribution in [0, 0.1) is 11.7 Å². The third-order valence-corrected chi connectivity index (χ3v) is 3.79. The minimum Gasteiger partial charge on any atom is -0.491 e. The van der Waals surface area contributed by atoms with Gasteiger partial charge in [-0.2, -0.15) is 5.10 Å². The van der Waals surface area contributed by atoms with Gasteiger partial charge in [0.25, 0.3) is 0 Å².